The van der Waals surface area contributed by atoms with Crippen LogP contribution in [0.4, 0.5) is 0 Å². The highest BCUT2D eigenvalue weighted by Crippen LogP contribution is 2.34. The van der Waals surface area contributed by atoms with Gasteiger partial charge in [0.2, 0.25) is 10.0 Å². The van der Waals surface area contributed by atoms with Crippen molar-refractivity contribution < 1.29 is 8.42 Å². The first-order valence-electron chi connectivity index (χ1n) is 6.74. The first-order valence-corrected chi connectivity index (χ1v) is 8.24. The fraction of sp³-hybridized carbons (Fsp3) is 1.00. The topological polar surface area (TPSA) is 63.4 Å². The monoisotopic (exact) mass is 260 g/mol. The fourth-order valence-corrected chi connectivity index (χ4v) is 5.44. The van der Waals surface area contributed by atoms with Gasteiger partial charge in [0.15, 0.2) is 0 Å². The van der Waals surface area contributed by atoms with Gasteiger partial charge in [-0.1, -0.05) is 19.3 Å². The molecule has 2 aliphatic rings. The lowest BCUT2D eigenvalue weighted by molar-refractivity contribution is 0.301. The van der Waals surface area contributed by atoms with Crippen molar-refractivity contribution in [3.63, 3.8) is 0 Å². The molecule has 2 atom stereocenters. The molecule has 100 valence electrons. The molecule has 2 rings (SSSR count). The van der Waals surface area contributed by atoms with Gasteiger partial charge in [0.05, 0.1) is 5.25 Å². The molecule has 2 aliphatic carbocycles. The molecule has 2 N–H and O–H groups in total. The zero-order chi connectivity index (χ0) is 12.5. The second-order valence-corrected chi connectivity index (χ2v) is 7.73. The fourth-order valence-electron chi connectivity index (χ4n) is 3.38. The summed E-state index contributed by atoms with van der Waals surface area (Å²) >= 11 is 0. The van der Waals surface area contributed by atoms with E-state index in [2.05, 4.69) is 0 Å². The number of nitrogens with two attached hydrogens (primary N) is 1. The molecule has 0 aromatic carbocycles. The summed E-state index contributed by atoms with van der Waals surface area (Å²) in [5.41, 5.74) is 5.74. The van der Waals surface area contributed by atoms with Crippen molar-refractivity contribution in [1.29, 1.82) is 0 Å². The number of sulfonamides is 1. The highest BCUT2D eigenvalue weighted by atomic mass is 32.2. The van der Waals surface area contributed by atoms with Crippen LogP contribution in [0.15, 0.2) is 0 Å². The Morgan fingerprint density at radius 1 is 1.12 bits per heavy atom. The second kappa shape index (κ2) is 5.24. The minimum absolute atomic E-state index is 0.133. The SMILES string of the molecule is CN(C1CCCC1CN)S(=O)(=O)C1CCCC1. The Labute approximate surface area is 105 Å². The Bertz CT molecular complexity index is 350. The largest absolute Gasteiger partial charge is 0.330 e. The van der Waals surface area contributed by atoms with Crippen LogP contribution in [0.1, 0.15) is 44.9 Å². The number of rotatable bonds is 4. The van der Waals surface area contributed by atoms with Gasteiger partial charge in [-0.25, -0.2) is 12.7 Å². The predicted octanol–water partition coefficient (Wildman–Crippen LogP) is 1.32. The molecule has 5 heteroatoms. The highest BCUT2D eigenvalue weighted by Gasteiger charge is 2.39. The summed E-state index contributed by atoms with van der Waals surface area (Å²) in [6, 6.07) is 0.144. The summed E-state index contributed by atoms with van der Waals surface area (Å²) in [4.78, 5) is 0. The first-order chi connectivity index (χ1) is 8.07. The Balaban J connectivity index is 2.10. The van der Waals surface area contributed by atoms with Crippen molar-refractivity contribution in [3.05, 3.63) is 0 Å². The average Bonchev–Trinajstić information content (AvgIpc) is 2.98. The van der Waals surface area contributed by atoms with E-state index in [9.17, 15) is 8.42 Å². The molecule has 0 bridgehead atoms. The van der Waals surface area contributed by atoms with Gasteiger partial charge < -0.3 is 5.73 Å². The lowest BCUT2D eigenvalue weighted by atomic mass is 10.0. The molecular formula is C12H24N2O2S. The van der Waals surface area contributed by atoms with Gasteiger partial charge >= 0.3 is 0 Å². The van der Waals surface area contributed by atoms with Crippen molar-refractivity contribution in [1.82, 2.24) is 4.31 Å². The van der Waals surface area contributed by atoms with Gasteiger partial charge in [0.1, 0.15) is 0 Å². The third-order valence-corrected chi connectivity index (χ3v) is 6.90. The Morgan fingerprint density at radius 2 is 1.76 bits per heavy atom. The van der Waals surface area contributed by atoms with Crippen molar-refractivity contribution in [2.24, 2.45) is 11.7 Å². The molecule has 0 amide bonds. The summed E-state index contributed by atoms with van der Waals surface area (Å²) in [6.07, 6.45) is 6.96. The van der Waals surface area contributed by atoms with E-state index in [-0.39, 0.29) is 11.3 Å². The zero-order valence-corrected chi connectivity index (χ0v) is 11.5. The number of hydrogen-bond acceptors (Lipinski definition) is 3. The molecule has 2 unspecified atom stereocenters. The normalized spacial score (nSPS) is 31.5. The van der Waals surface area contributed by atoms with E-state index in [0.29, 0.717) is 12.5 Å². The van der Waals surface area contributed by atoms with Crippen LogP contribution in [-0.4, -0.2) is 37.6 Å². The van der Waals surface area contributed by atoms with Gasteiger partial charge in [-0.2, -0.15) is 0 Å². The lowest BCUT2D eigenvalue weighted by Gasteiger charge is -2.30. The van der Waals surface area contributed by atoms with Gasteiger partial charge in [-0.15, -0.1) is 0 Å². The maximum absolute atomic E-state index is 12.5. The Morgan fingerprint density at radius 3 is 2.35 bits per heavy atom. The van der Waals surface area contributed by atoms with E-state index >= 15 is 0 Å². The molecule has 0 aliphatic heterocycles. The van der Waals surface area contributed by atoms with Gasteiger partial charge in [-0.3, -0.25) is 0 Å². The summed E-state index contributed by atoms with van der Waals surface area (Å²) in [7, 11) is -1.33. The van der Waals surface area contributed by atoms with E-state index < -0.39 is 10.0 Å². The molecule has 2 fully saturated rings. The summed E-state index contributed by atoms with van der Waals surface area (Å²) < 4.78 is 26.6. The van der Waals surface area contributed by atoms with Crippen LogP contribution in [0.25, 0.3) is 0 Å². The van der Waals surface area contributed by atoms with Crippen LogP contribution in [0, 0.1) is 5.92 Å². The highest BCUT2D eigenvalue weighted by molar-refractivity contribution is 7.89. The molecule has 0 aromatic rings. The quantitative estimate of drug-likeness (QED) is 0.829. The minimum atomic E-state index is -3.09. The molecule has 0 spiro atoms. The van der Waals surface area contributed by atoms with E-state index in [1.54, 1.807) is 11.4 Å². The number of hydrogen-bond donors (Lipinski definition) is 1. The zero-order valence-electron chi connectivity index (χ0n) is 10.6. The maximum Gasteiger partial charge on any atom is 0.216 e. The van der Waals surface area contributed by atoms with Crippen LogP contribution in [-0.2, 0) is 10.0 Å². The molecule has 4 nitrogen and oxygen atoms in total. The van der Waals surface area contributed by atoms with Gasteiger partial charge in [0.25, 0.3) is 0 Å². The number of nitrogens with zero attached hydrogens (tertiary/aromatic N) is 1. The van der Waals surface area contributed by atoms with Crippen LogP contribution in [0.3, 0.4) is 0 Å². The molecule has 2 saturated carbocycles. The van der Waals surface area contributed by atoms with E-state index in [4.69, 9.17) is 5.73 Å². The molecule has 0 saturated heterocycles. The van der Waals surface area contributed by atoms with Crippen molar-refractivity contribution in [2.45, 2.75) is 56.2 Å². The molecule has 17 heavy (non-hydrogen) atoms. The van der Waals surface area contributed by atoms with Gasteiger partial charge in [-0.05, 0) is 38.1 Å². The average molecular weight is 260 g/mol. The third kappa shape index (κ3) is 2.51. The van der Waals surface area contributed by atoms with Crippen molar-refractivity contribution >= 4 is 10.0 Å². The van der Waals surface area contributed by atoms with E-state index in [0.717, 1.165) is 44.9 Å². The molecule has 0 aromatic heterocycles. The summed E-state index contributed by atoms with van der Waals surface area (Å²) in [6.45, 7) is 0.606. The summed E-state index contributed by atoms with van der Waals surface area (Å²) in [5.74, 6) is 0.358. The smallest absolute Gasteiger partial charge is 0.216 e. The molecule has 0 radical (unpaired) electrons. The van der Waals surface area contributed by atoms with Crippen LogP contribution < -0.4 is 5.73 Å². The van der Waals surface area contributed by atoms with E-state index in [1.807, 2.05) is 0 Å². The predicted molar refractivity (Wildman–Crippen MR) is 69.1 cm³/mol. The second-order valence-electron chi connectivity index (χ2n) is 5.46. The lowest BCUT2D eigenvalue weighted by Crippen LogP contribution is -2.44. The van der Waals surface area contributed by atoms with Crippen molar-refractivity contribution in [3.8, 4) is 0 Å². The first kappa shape index (κ1) is 13.3. The maximum atomic E-state index is 12.5. The van der Waals surface area contributed by atoms with Crippen LogP contribution in [0.5, 0.6) is 0 Å². The summed E-state index contributed by atoms with van der Waals surface area (Å²) in [5, 5.41) is -0.133. The third-order valence-electron chi connectivity index (χ3n) is 4.51. The standard InChI is InChI=1S/C12H24N2O2S/c1-14(12-8-4-5-10(12)9-13)17(15,16)11-6-2-3-7-11/h10-12H,2-9,13H2,1H3. The van der Waals surface area contributed by atoms with Crippen LogP contribution >= 0.6 is 0 Å². The van der Waals surface area contributed by atoms with Crippen molar-refractivity contribution in [2.75, 3.05) is 13.6 Å². The Hall–Kier alpha value is -0.130. The minimum Gasteiger partial charge on any atom is -0.330 e. The Kier molecular flexibility index (Phi) is 4.10. The van der Waals surface area contributed by atoms with Gasteiger partial charge in [0, 0.05) is 13.1 Å². The molecule has 0 heterocycles. The molecular weight excluding hydrogens is 236 g/mol. The van der Waals surface area contributed by atoms with Crippen LogP contribution in [0.2, 0.25) is 0 Å². The van der Waals surface area contributed by atoms with E-state index in [1.165, 1.54) is 0 Å².